The maximum Gasteiger partial charge on any atom is 0.418 e. The third kappa shape index (κ3) is 2.74. The fraction of sp³-hybridized carbons (Fsp3) is 0.583. The van der Waals surface area contributed by atoms with Gasteiger partial charge in [0.1, 0.15) is 0 Å². The first kappa shape index (κ1) is 13.0. The van der Waals surface area contributed by atoms with Crippen LogP contribution in [-0.4, -0.2) is 4.98 Å². The molecule has 0 aliphatic rings. The Hall–Kier alpha value is -1.06. The maximum absolute atomic E-state index is 12.8. The third-order valence-corrected chi connectivity index (χ3v) is 2.63. The fourth-order valence-corrected chi connectivity index (χ4v) is 1.92. The summed E-state index contributed by atoms with van der Waals surface area (Å²) in [6.45, 7) is 5.56. The lowest BCUT2D eigenvalue weighted by molar-refractivity contribution is -0.139. The highest BCUT2D eigenvalue weighted by Gasteiger charge is 2.38. The molecular formula is C12H16F3N. The topological polar surface area (TPSA) is 12.9 Å². The van der Waals surface area contributed by atoms with Gasteiger partial charge in [-0.05, 0) is 18.6 Å². The minimum atomic E-state index is -4.32. The van der Waals surface area contributed by atoms with E-state index in [0.717, 1.165) is 12.5 Å². The third-order valence-electron chi connectivity index (χ3n) is 2.63. The minimum Gasteiger partial charge on any atom is -0.260 e. The number of nitrogens with zero attached hydrogens (tertiary/aromatic N) is 1. The van der Waals surface area contributed by atoms with Crippen molar-refractivity contribution in [2.75, 3.05) is 0 Å². The van der Waals surface area contributed by atoms with Crippen molar-refractivity contribution in [2.24, 2.45) is 0 Å². The van der Waals surface area contributed by atoms with Gasteiger partial charge in [0.15, 0.2) is 0 Å². The van der Waals surface area contributed by atoms with Crippen molar-refractivity contribution in [3.05, 3.63) is 29.6 Å². The molecule has 0 bridgehead atoms. The molecule has 0 saturated heterocycles. The van der Waals surface area contributed by atoms with Crippen LogP contribution in [0.3, 0.4) is 0 Å². The summed E-state index contributed by atoms with van der Waals surface area (Å²) in [5.74, 6) is 0. The number of halogens is 3. The molecule has 4 heteroatoms. The van der Waals surface area contributed by atoms with Gasteiger partial charge in [0.05, 0.1) is 11.3 Å². The van der Waals surface area contributed by atoms with Gasteiger partial charge in [-0.1, -0.05) is 27.2 Å². The Kier molecular flexibility index (Phi) is 3.61. The zero-order valence-corrected chi connectivity index (χ0v) is 9.73. The summed E-state index contributed by atoms with van der Waals surface area (Å²) in [6.07, 6.45) is -1.38. The van der Waals surface area contributed by atoms with E-state index < -0.39 is 17.2 Å². The lowest BCUT2D eigenvalue weighted by Gasteiger charge is -2.26. The smallest absolute Gasteiger partial charge is 0.260 e. The second-order valence-electron chi connectivity index (χ2n) is 4.53. The van der Waals surface area contributed by atoms with Gasteiger partial charge in [-0.3, -0.25) is 4.98 Å². The Morgan fingerprint density at radius 3 is 2.38 bits per heavy atom. The predicted octanol–water partition coefficient (Wildman–Crippen LogP) is 4.18. The first-order chi connectivity index (χ1) is 7.29. The molecule has 0 saturated carbocycles. The molecule has 0 radical (unpaired) electrons. The second-order valence-corrected chi connectivity index (χ2v) is 4.53. The number of hydrogen-bond acceptors (Lipinski definition) is 1. The Labute approximate surface area is 93.7 Å². The summed E-state index contributed by atoms with van der Waals surface area (Å²) < 4.78 is 38.3. The fourth-order valence-electron chi connectivity index (χ4n) is 1.92. The Morgan fingerprint density at radius 2 is 1.88 bits per heavy atom. The lowest BCUT2D eigenvalue weighted by Crippen LogP contribution is -2.24. The van der Waals surface area contributed by atoms with Crippen LogP contribution in [0.4, 0.5) is 13.2 Å². The predicted molar refractivity (Wildman–Crippen MR) is 57.2 cm³/mol. The largest absolute Gasteiger partial charge is 0.418 e. The van der Waals surface area contributed by atoms with Crippen LogP contribution in [0.2, 0.25) is 0 Å². The number of alkyl halides is 3. The molecule has 90 valence electrons. The van der Waals surface area contributed by atoms with Crippen LogP contribution < -0.4 is 0 Å². The zero-order chi connectivity index (χ0) is 12.4. The molecule has 0 fully saturated rings. The van der Waals surface area contributed by atoms with E-state index in [1.165, 1.54) is 12.3 Å². The van der Waals surface area contributed by atoms with Crippen LogP contribution >= 0.6 is 0 Å². The summed E-state index contributed by atoms with van der Waals surface area (Å²) in [5.41, 5.74) is -1.02. The summed E-state index contributed by atoms with van der Waals surface area (Å²) in [5, 5.41) is 0. The molecule has 1 nitrogen and oxygen atoms in total. The van der Waals surface area contributed by atoms with Crippen molar-refractivity contribution >= 4 is 0 Å². The van der Waals surface area contributed by atoms with E-state index >= 15 is 0 Å². The zero-order valence-electron chi connectivity index (χ0n) is 9.73. The van der Waals surface area contributed by atoms with Gasteiger partial charge in [0.25, 0.3) is 0 Å². The molecule has 0 atom stereocenters. The average molecular weight is 231 g/mol. The van der Waals surface area contributed by atoms with E-state index in [9.17, 15) is 13.2 Å². The van der Waals surface area contributed by atoms with Crippen molar-refractivity contribution in [3.8, 4) is 0 Å². The van der Waals surface area contributed by atoms with Crippen molar-refractivity contribution in [1.29, 1.82) is 0 Å². The van der Waals surface area contributed by atoms with Crippen molar-refractivity contribution in [2.45, 2.75) is 45.2 Å². The second kappa shape index (κ2) is 4.44. The van der Waals surface area contributed by atoms with Gasteiger partial charge < -0.3 is 0 Å². The quantitative estimate of drug-likeness (QED) is 0.760. The van der Waals surface area contributed by atoms with Crippen LogP contribution in [0, 0.1) is 0 Å². The minimum absolute atomic E-state index is 0.143. The molecule has 0 N–H and O–H groups in total. The van der Waals surface area contributed by atoms with E-state index in [-0.39, 0.29) is 5.69 Å². The number of rotatable bonds is 3. The van der Waals surface area contributed by atoms with Gasteiger partial charge in [-0.15, -0.1) is 0 Å². The molecule has 0 aromatic carbocycles. The van der Waals surface area contributed by atoms with Crippen LogP contribution in [0.1, 0.15) is 44.9 Å². The van der Waals surface area contributed by atoms with Gasteiger partial charge in [-0.25, -0.2) is 0 Å². The van der Waals surface area contributed by atoms with Gasteiger partial charge in [-0.2, -0.15) is 13.2 Å². The first-order valence-electron chi connectivity index (χ1n) is 5.31. The Bertz CT molecular complexity index is 356. The summed E-state index contributed by atoms with van der Waals surface area (Å²) in [4.78, 5) is 3.92. The molecule has 0 amide bonds. The highest BCUT2D eigenvalue weighted by atomic mass is 19.4. The molecule has 1 aromatic rings. The highest BCUT2D eigenvalue weighted by molar-refractivity contribution is 5.29. The Balaban J connectivity index is 3.23. The summed E-state index contributed by atoms with van der Waals surface area (Å²) in [7, 11) is 0. The standard InChI is InChI=1S/C12H16F3N/c1-4-7-11(2,3)10-9(12(13,14)15)6-5-8-16-10/h5-6,8H,4,7H2,1-3H3. The summed E-state index contributed by atoms with van der Waals surface area (Å²) >= 11 is 0. The average Bonchev–Trinajstić information content (AvgIpc) is 2.16. The molecule has 0 aliphatic heterocycles. The number of pyridine rings is 1. The van der Waals surface area contributed by atoms with Crippen LogP contribution in [-0.2, 0) is 11.6 Å². The van der Waals surface area contributed by atoms with E-state index in [0.29, 0.717) is 6.42 Å². The van der Waals surface area contributed by atoms with Crippen molar-refractivity contribution in [1.82, 2.24) is 4.98 Å². The van der Waals surface area contributed by atoms with Crippen molar-refractivity contribution in [3.63, 3.8) is 0 Å². The van der Waals surface area contributed by atoms with Crippen molar-refractivity contribution < 1.29 is 13.2 Å². The first-order valence-corrected chi connectivity index (χ1v) is 5.31. The monoisotopic (exact) mass is 231 g/mol. The summed E-state index contributed by atoms with van der Waals surface area (Å²) in [6, 6.07) is 2.42. The number of hydrogen-bond donors (Lipinski definition) is 0. The molecule has 1 aromatic heterocycles. The highest BCUT2D eigenvalue weighted by Crippen LogP contribution is 2.37. The van der Waals surface area contributed by atoms with E-state index in [2.05, 4.69) is 4.98 Å². The normalized spacial score (nSPS) is 12.9. The van der Waals surface area contributed by atoms with E-state index in [1.807, 2.05) is 6.92 Å². The number of aromatic nitrogens is 1. The van der Waals surface area contributed by atoms with Crippen LogP contribution in [0.15, 0.2) is 18.3 Å². The Morgan fingerprint density at radius 1 is 1.25 bits per heavy atom. The van der Waals surface area contributed by atoms with Gasteiger partial charge >= 0.3 is 6.18 Å². The SMILES string of the molecule is CCCC(C)(C)c1ncccc1C(F)(F)F. The lowest BCUT2D eigenvalue weighted by atomic mass is 9.82. The van der Waals surface area contributed by atoms with Gasteiger partial charge in [0.2, 0.25) is 0 Å². The molecule has 0 unspecified atom stereocenters. The van der Waals surface area contributed by atoms with E-state index in [1.54, 1.807) is 13.8 Å². The maximum atomic E-state index is 12.8. The van der Waals surface area contributed by atoms with Crippen LogP contribution in [0.25, 0.3) is 0 Å². The molecule has 1 rings (SSSR count). The molecule has 0 spiro atoms. The van der Waals surface area contributed by atoms with Gasteiger partial charge in [0, 0.05) is 11.6 Å². The van der Waals surface area contributed by atoms with E-state index in [4.69, 9.17) is 0 Å². The molecule has 0 aliphatic carbocycles. The molecule has 1 heterocycles. The molecule has 16 heavy (non-hydrogen) atoms. The van der Waals surface area contributed by atoms with Crippen LogP contribution in [0.5, 0.6) is 0 Å². The molecular weight excluding hydrogens is 215 g/mol.